The van der Waals surface area contributed by atoms with E-state index in [1.165, 1.54) is 32.9 Å². The van der Waals surface area contributed by atoms with Gasteiger partial charge in [0.15, 0.2) is 0 Å². The second-order valence-corrected chi connectivity index (χ2v) is 12.5. The van der Waals surface area contributed by atoms with Gasteiger partial charge in [-0.25, -0.2) is 16.8 Å². The van der Waals surface area contributed by atoms with Crippen molar-refractivity contribution in [2.75, 3.05) is 51.3 Å². The minimum Gasteiger partial charge on any atom is -0.497 e. The van der Waals surface area contributed by atoms with Crippen molar-refractivity contribution in [1.82, 2.24) is 8.61 Å². The van der Waals surface area contributed by atoms with Crippen LogP contribution in [-0.2, 0) is 20.0 Å². The minimum atomic E-state index is -3.69. The number of piperazine rings is 1. The quantitative estimate of drug-likeness (QED) is 0.615. The molecule has 2 aromatic carbocycles. The van der Waals surface area contributed by atoms with Gasteiger partial charge in [-0.3, -0.25) is 0 Å². The van der Waals surface area contributed by atoms with Gasteiger partial charge >= 0.3 is 0 Å². The molecule has 2 saturated heterocycles. The van der Waals surface area contributed by atoms with Crippen molar-refractivity contribution >= 4 is 25.7 Å². The summed E-state index contributed by atoms with van der Waals surface area (Å²) >= 11 is 0. The topological polar surface area (TPSA) is 87.2 Å². The molecule has 0 amide bonds. The number of methoxy groups -OCH3 is 1. The van der Waals surface area contributed by atoms with E-state index in [2.05, 4.69) is 11.8 Å². The summed E-state index contributed by atoms with van der Waals surface area (Å²) in [6.45, 7) is 5.00. The predicted octanol–water partition coefficient (Wildman–Crippen LogP) is 2.63. The van der Waals surface area contributed by atoms with Crippen molar-refractivity contribution in [3.63, 3.8) is 0 Å². The summed E-state index contributed by atoms with van der Waals surface area (Å²) in [7, 11) is -5.68. The number of benzene rings is 2. The molecule has 8 nitrogen and oxygen atoms in total. The summed E-state index contributed by atoms with van der Waals surface area (Å²) in [6, 6.07) is 13.3. The second kappa shape index (κ2) is 9.61. The highest BCUT2D eigenvalue weighted by Gasteiger charge is 2.31. The highest BCUT2D eigenvalue weighted by Crippen LogP contribution is 2.26. The van der Waals surface area contributed by atoms with E-state index in [0.29, 0.717) is 45.2 Å². The number of sulfonamides is 2. The summed E-state index contributed by atoms with van der Waals surface area (Å²) in [6.07, 6.45) is 1.68. The Morgan fingerprint density at radius 3 is 1.61 bits per heavy atom. The molecule has 0 aromatic heterocycles. The second-order valence-electron chi connectivity index (χ2n) is 8.65. The van der Waals surface area contributed by atoms with Gasteiger partial charge in [0, 0.05) is 45.0 Å². The van der Waals surface area contributed by atoms with Crippen LogP contribution in [0.1, 0.15) is 19.8 Å². The number of hydrogen-bond acceptors (Lipinski definition) is 6. The first kappa shape index (κ1) is 24.0. The molecular weight excluding hydrogens is 462 g/mol. The Hall–Kier alpha value is -2.14. The van der Waals surface area contributed by atoms with Gasteiger partial charge in [0.05, 0.1) is 16.9 Å². The zero-order chi connectivity index (χ0) is 23.6. The maximum atomic E-state index is 13.1. The lowest BCUT2D eigenvalue weighted by atomic mass is 10.0. The van der Waals surface area contributed by atoms with E-state index in [-0.39, 0.29) is 9.79 Å². The summed E-state index contributed by atoms with van der Waals surface area (Å²) < 4.78 is 60.3. The third-order valence-corrected chi connectivity index (χ3v) is 10.3. The van der Waals surface area contributed by atoms with Crippen LogP contribution in [0.5, 0.6) is 5.75 Å². The van der Waals surface area contributed by atoms with E-state index in [1.807, 2.05) is 24.3 Å². The van der Waals surface area contributed by atoms with E-state index >= 15 is 0 Å². The molecule has 2 aliphatic rings. The largest absolute Gasteiger partial charge is 0.497 e. The van der Waals surface area contributed by atoms with Gasteiger partial charge in [-0.15, -0.1) is 0 Å². The summed E-state index contributed by atoms with van der Waals surface area (Å²) in [5.74, 6) is 1.30. The van der Waals surface area contributed by atoms with E-state index in [4.69, 9.17) is 4.74 Å². The van der Waals surface area contributed by atoms with E-state index in [0.717, 1.165) is 24.3 Å². The molecule has 10 heteroatoms. The van der Waals surface area contributed by atoms with Gasteiger partial charge in [-0.05, 0) is 67.3 Å². The van der Waals surface area contributed by atoms with Crippen molar-refractivity contribution < 1.29 is 21.6 Å². The van der Waals surface area contributed by atoms with E-state index in [1.54, 1.807) is 7.11 Å². The van der Waals surface area contributed by atoms with Crippen molar-refractivity contribution in [2.45, 2.75) is 29.6 Å². The fraction of sp³-hybridized carbons (Fsp3) is 0.478. The molecule has 0 saturated carbocycles. The van der Waals surface area contributed by atoms with Crippen molar-refractivity contribution in [2.24, 2.45) is 5.92 Å². The van der Waals surface area contributed by atoms with Gasteiger partial charge in [0.2, 0.25) is 20.0 Å². The van der Waals surface area contributed by atoms with Crippen LogP contribution < -0.4 is 9.64 Å². The molecule has 2 fully saturated rings. The third kappa shape index (κ3) is 5.03. The maximum absolute atomic E-state index is 13.1. The monoisotopic (exact) mass is 493 g/mol. The molecular formula is C23H31N3O5S2. The first-order chi connectivity index (χ1) is 15.7. The molecule has 33 heavy (non-hydrogen) atoms. The number of ether oxygens (including phenoxy) is 1. The number of hydrogen-bond donors (Lipinski definition) is 0. The fourth-order valence-corrected chi connectivity index (χ4v) is 7.18. The Morgan fingerprint density at radius 1 is 0.697 bits per heavy atom. The summed E-state index contributed by atoms with van der Waals surface area (Å²) in [4.78, 5) is 2.40. The molecule has 2 aliphatic heterocycles. The molecule has 0 aliphatic carbocycles. The highest BCUT2D eigenvalue weighted by molar-refractivity contribution is 7.89. The molecule has 2 aromatic rings. The van der Waals surface area contributed by atoms with Gasteiger partial charge in [-0.2, -0.15) is 8.61 Å². The van der Waals surface area contributed by atoms with Crippen LogP contribution in [0.15, 0.2) is 58.3 Å². The molecule has 0 unspecified atom stereocenters. The van der Waals surface area contributed by atoms with Gasteiger partial charge in [-0.1, -0.05) is 6.92 Å². The molecule has 0 bridgehead atoms. The lowest BCUT2D eigenvalue weighted by molar-refractivity contribution is 0.288. The Balaban J connectivity index is 1.42. The van der Waals surface area contributed by atoms with Crippen molar-refractivity contribution in [1.29, 1.82) is 0 Å². The van der Waals surface area contributed by atoms with Crippen LogP contribution in [-0.4, -0.2) is 71.8 Å². The molecule has 0 radical (unpaired) electrons. The van der Waals surface area contributed by atoms with Crippen molar-refractivity contribution in [3.8, 4) is 5.75 Å². The normalized spacial score (nSPS) is 19.5. The molecule has 0 spiro atoms. The molecule has 0 atom stereocenters. The fourth-order valence-electron chi connectivity index (χ4n) is 4.29. The van der Waals surface area contributed by atoms with Crippen LogP contribution in [0.3, 0.4) is 0 Å². The lowest BCUT2D eigenvalue weighted by Crippen LogP contribution is -2.48. The van der Waals surface area contributed by atoms with Crippen LogP contribution in [0.4, 0.5) is 5.69 Å². The standard InChI is InChI=1S/C23H31N3O5S2/c1-19-11-13-25(14-12-19)32(27,28)22-7-9-23(10-8-22)33(29,30)26-17-15-24(16-18-26)20-3-5-21(31-2)6-4-20/h3-10,19H,11-18H2,1-2H3. The average molecular weight is 494 g/mol. The van der Waals surface area contributed by atoms with Gasteiger partial charge < -0.3 is 9.64 Å². The maximum Gasteiger partial charge on any atom is 0.243 e. The lowest BCUT2D eigenvalue weighted by Gasteiger charge is -2.35. The average Bonchev–Trinajstić information content (AvgIpc) is 2.84. The summed E-state index contributed by atoms with van der Waals surface area (Å²) in [5.41, 5.74) is 1.02. The zero-order valence-electron chi connectivity index (χ0n) is 19.1. The first-order valence-electron chi connectivity index (χ1n) is 11.2. The number of piperidine rings is 1. The minimum absolute atomic E-state index is 0.117. The van der Waals surface area contributed by atoms with E-state index < -0.39 is 20.0 Å². The van der Waals surface area contributed by atoms with E-state index in [9.17, 15) is 16.8 Å². The smallest absolute Gasteiger partial charge is 0.243 e. The van der Waals surface area contributed by atoms with Gasteiger partial charge in [0.1, 0.15) is 5.75 Å². The van der Waals surface area contributed by atoms with Crippen LogP contribution in [0.2, 0.25) is 0 Å². The Bertz CT molecular complexity index is 1150. The Kier molecular flexibility index (Phi) is 6.99. The molecule has 180 valence electrons. The zero-order valence-corrected chi connectivity index (χ0v) is 20.7. The Labute approximate surface area is 196 Å². The van der Waals surface area contributed by atoms with Crippen LogP contribution in [0.25, 0.3) is 0 Å². The molecule has 4 rings (SSSR count). The number of rotatable bonds is 6. The van der Waals surface area contributed by atoms with Gasteiger partial charge in [0.25, 0.3) is 0 Å². The number of nitrogens with zero attached hydrogens (tertiary/aromatic N) is 3. The Morgan fingerprint density at radius 2 is 1.15 bits per heavy atom. The van der Waals surface area contributed by atoms with Crippen LogP contribution in [0, 0.1) is 5.92 Å². The first-order valence-corrected chi connectivity index (χ1v) is 14.1. The number of anilines is 1. The van der Waals surface area contributed by atoms with Crippen molar-refractivity contribution in [3.05, 3.63) is 48.5 Å². The SMILES string of the molecule is COc1ccc(N2CCN(S(=O)(=O)c3ccc(S(=O)(=O)N4CCC(C)CC4)cc3)CC2)cc1. The summed E-state index contributed by atoms with van der Waals surface area (Å²) in [5, 5.41) is 0. The molecule has 2 heterocycles. The van der Waals surface area contributed by atoms with Crippen LogP contribution >= 0.6 is 0 Å². The predicted molar refractivity (Wildman–Crippen MR) is 128 cm³/mol. The highest BCUT2D eigenvalue weighted by atomic mass is 32.2. The third-order valence-electron chi connectivity index (χ3n) is 6.52. The molecule has 0 N–H and O–H groups in total.